The zero-order chi connectivity index (χ0) is 10.7. The largest absolute Gasteiger partial charge is 0.314 e. The summed E-state index contributed by atoms with van der Waals surface area (Å²) in [6, 6.07) is 3.58. The van der Waals surface area contributed by atoms with Gasteiger partial charge in [0.05, 0.1) is 0 Å². The Morgan fingerprint density at radius 1 is 1.60 bits per heavy atom. The van der Waals surface area contributed by atoms with E-state index in [4.69, 9.17) is 0 Å². The molecule has 1 fully saturated rings. The molecule has 0 aromatic carbocycles. The molecule has 1 saturated heterocycles. The molecule has 1 aromatic rings. The van der Waals surface area contributed by atoms with Gasteiger partial charge in [-0.3, -0.25) is 4.90 Å². The van der Waals surface area contributed by atoms with E-state index in [2.05, 4.69) is 40.9 Å². The molecule has 1 atom stereocenters. The van der Waals surface area contributed by atoms with E-state index in [1.165, 1.54) is 18.5 Å². The topological polar surface area (TPSA) is 15.3 Å². The van der Waals surface area contributed by atoms with Gasteiger partial charge in [0.15, 0.2) is 0 Å². The van der Waals surface area contributed by atoms with E-state index in [9.17, 15) is 0 Å². The van der Waals surface area contributed by atoms with Crippen molar-refractivity contribution < 1.29 is 0 Å². The lowest BCUT2D eigenvalue weighted by Gasteiger charge is -2.41. The van der Waals surface area contributed by atoms with Crippen molar-refractivity contribution in [1.29, 1.82) is 0 Å². The van der Waals surface area contributed by atoms with Gasteiger partial charge in [0.25, 0.3) is 0 Å². The summed E-state index contributed by atoms with van der Waals surface area (Å²) in [5.41, 5.74) is 1.47. The Hall–Kier alpha value is -0.380. The minimum absolute atomic E-state index is 0.572. The summed E-state index contributed by atoms with van der Waals surface area (Å²) in [6.45, 7) is 8.13. The molecule has 84 valence electrons. The quantitative estimate of drug-likeness (QED) is 0.826. The highest BCUT2D eigenvalue weighted by atomic mass is 32.1. The maximum atomic E-state index is 3.36. The maximum absolute atomic E-state index is 3.36. The Morgan fingerprint density at radius 2 is 2.40 bits per heavy atom. The third-order valence-corrected chi connectivity index (χ3v) is 3.94. The zero-order valence-corrected chi connectivity index (χ0v) is 10.4. The number of nitrogens with zero attached hydrogens (tertiary/aromatic N) is 1. The number of rotatable bonds is 5. The van der Waals surface area contributed by atoms with Gasteiger partial charge in [0.2, 0.25) is 0 Å². The van der Waals surface area contributed by atoms with Gasteiger partial charge in [-0.05, 0) is 42.3 Å². The van der Waals surface area contributed by atoms with E-state index in [1.54, 1.807) is 11.3 Å². The predicted molar refractivity (Wildman–Crippen MR) is 66.4 cm³/mol. The standard InChI is InChI=1S/C12H20N2S/c1-3-5-14(12-7-13-8-12)10(2)11-4-6-15-9-11/h4,6,9-10,12-13H,3,5,7-8H2,1-2H3. The average molecular weight is 224 g/mol. The molecule has 0 saturated carbocycles. The summed E-state index contributed by atoms with van der Waals surface area (Å²) in [5, 5.41) is 7.81. The van der Waals surface area contributed by atoms with Gasteiger partial charge in [-0.25, -0.2) is 0 Å². The monoisotopic (exact) mass is 224 g/mol. The summed E-state index contributed by atoms with van der Waals surface area (Å²) in [5.74, 6) is 0. The minimum Gasteiger partial charge on any atom is -0.314 e. The summed E-state index contributed by atoms with van der Waals surface area (Å²) < 4.78 is 0. The van der Waals surface area contributed by atoms with Crippen molar-refractivity contribution in [2.75, 3.05) is 19.6 Å². The van der Waals surface area contributed by atoms with Crippen LogP contribution in [0, 0.1) is 0 Å². The van der Waals surface area contributed by atoms with Gasteiger partial charge >= 0.3 is 0 Å². The second-order valence-electron chi connectivity index (χ2n) is 4.28. The minimum atomic E-state index is 0.572. The zero-order valence-electron chi connectivity index (χ0n) is 9.57. The van der Waals surface area contributed by atoms with E-state index in [0.717, 1.165) is 19.1 Å². The van der Waals surface area contributed by atoms with Gasteiger partial charge in [-0.15, -0.1) is 0 Å². The Kier molecular flexibility index (Phi) is 3.78. The van der Waals surface area contributed by atoms with Gasteiger partial charge < -0.3 is 5.32 Å². The Bertz CT molecular complexity index is 280. The lowest BCUT2D eigenvalue weighted by atomic mass is 10.0. The molecule has 0 amide bonds. The van der Waals surface area contributed by atoms with Crippen molar-refractivity contribution in [2.45, 2.75) is 32.4 Å². The van der Waals surface area contributed by atoms with Crippen LogP contribution in [0.3, 0.4) is 0 Å². The molecule has 0 aliphatic carbocycles. The maximum Gasteiger partial charge on any atom is 0.0351 e. The normalized spacial score (nSPS) is 19.1. The molecular formula is C12H20N2S. The van der Waals surface area contributed by atoms with Crippen LogP contribution in [0.5, 0.6) is 0 Å². The highest BCUT2D eigenvalue weighted by Gasteiger charge is 2.28. The molecule has 0 spiro atoms. The average Bonchev–Trinajstić information content (AvgIpc) is 2.66. The molecule has 3 heteroatoms. The van der Waals surface area contributed by atoms with E-state index in [0.29, 0.717) is 6.04 Å². The Morgan fingerprint density at radius 3 is 2.87 bits per heavy atom. The van der Waals surface area contributed by atoms with Gasteiger partial charge in [0.1, 0.15) is 0 Å². The Labute approximate surface area is 96.3 Å². The van der Waals surface area contributed by atoms with Crippen molar-refractivity contribution in [3.05, 3.63) is 22.4 Å². The van der Waals surface area contributed by atoms with E-state index in [-0.39, 0.29) is 0 Å². The third-order valence-electron chi connectivity index (χ3n) is 3.23. The fourth-order valence-electron chi connectivity index (χ4n) is 2.16. The molecule has 1 unspecified atom stereocenters. The van der Waals surface area contributed by atoms with E-state index >= 15 is 0 Å². The SMILES string of the molecule is CCCN(C1CNC1)C(C)c1ccsc1. The molecule has 2 nitrogen and oxygen atoms in total. The van der Waals surface area contributed by atoms with Crippen LogP contribution in [0.15, 0.2) is 16.8 Å². The predicted octanol–water partition coefficient (Wildman–Crippen LogP) is 2.49. The fourth-order valence-corrected chi connectivity index (χ4v) is 2.91. The lowest BCUT2D eigenvalue weighted by molar-refractivity contribution is 0.103. The van der Waals surface area contributed by atoms with Crippen LogP contribution < -0.4 is 5.32 Å². The number of hydrogen-bond donors (Lipinski definition) is 1. The van der Waals surface area contributed by atoms with Crippen LogP contribution in [0.25, 0.3) is 0 Å². The van der Waals surface area contributed by atoms with Crippen molar-refractivity contribution in [1.82, 2.24) is 10.2 Å². The second-order valence-corrected chi connectivity index (χ2v) is 5.06. The first-order valence-electron chi connectivity index (χ1n) is 5.81. The molecule has 2 rings (SSSR count). The number of nitrogens with one attached hydrogen (secondary N) is 1. The molecule has 1 N–H and O–H groups in total. The van der Waals surface area contributed by atoms with Crippen LogP contribution in [0.2, 0.25) is 0 Å². The Balaban J connectivity index is 2.03. The molecule has 15 heavy (non-hydrogen) atoms. The first-order chi connectivity index (χ1) is 7.33. The van der Waals surface area contributed by atoms with Crippen molar-refractivity contribution in [3.8, 4) is 0 Å². The van der Waals surface area contributed by atoms with Gasteiger partial charge in [-0.2, -0.15) is 11.3 Å². The molecule has 0 bridgehead atoms. The van der Waals surface area contributed by atoms with Crippen LogP contribution in [-0.2, 0) is 0 Å². The first-order valence-corrected chi connectivity index (χ1v) is 6.75. The van der Waals surface area contributed by atoms with Gasteiger partial charge in [-0.1, -0.05) is 6.92 Å². The fraction of sp³-hybridized carbons (Fsp3) is 0.667. The van der Waals surface area contributed by atoms with Gasteiger partial charge in [0, 0.05) is 25.2 Å². The highest BCUT2D eigenvalue weighted by molar-refractivity contribution is 7.07. The first kappa shape index (κ1) is 11.1. The second kappa shape index (κ2) is 5.10. The molecule has 1 aliphatic rings. The molecule has 0 radical (unpaired) electrons. The summed E-state index contributed by atoms with van der Waals surface area (Å²) in [6.07, 6.45) is 1.24. The highest BCUT2D eigenvalue weighted by Crippen LogP contribution is 2.25. The van der Waals surface area contributed by atoms with Crippen molar-refractivity contribution in [3.63, 3.8) is 0 Å². The lowest BCUT2D eigenvalue weighted by Crippen LogP contribution is -2.57. The number of thiophene rings is 1. The van der Waals surface area contributed by atoms with E-state index < -0.39 is 0 Å². The van der Waals surface area contributed by atoms with Crippen molar-refractivity contribution >= 4 is 11.3 Å². The molecule has 1 aromatic heterocycles. The van der Waals surface area contributed by atoms with Crippen LogP contribution in [0.1, 0.15) is 31.9 Å². The molecule has 1 aliphatic heterocycles. The van der Waals surface area contributed by atoms with Crippen LogP contribution in [0.4, 0.5) is 0 Å². The van der Waals surface area contributed by atoms with Crippen LogP contribution >= 0.6 is 11.3 Å². The summed E-state index contributed by atoms with van der Waals surface area (Å²) in [7, 11) is 0. The van der Waals surface area contributed by atoms with E-state index in [1.807, 2.05) is 0 Å². The number of hydrogen-bond acceptors (Lipinski definition) is 3. The third kappa shape index (κ3) is 2.41. The summed E-state index contributed by atoms with van der Waals surface area (Å²) in [4.78, 5) is 2.64. The summed E-state index contributed by atoms with van der Waals surface area (Å²) >= 11 is 1.80. The smallest absolute Gasteiger partial charge is 0.0351 e. The van der Waals surface area contributed by atoms with Crippen molar-refractivity contribution in [2.24, 2.45) is 0 Å². The van der Waals surface area contributed by atoms with Crippen LogP contribution in [-0.4, -0.2) is 30.6 Å². The molecular weight excluding hydrogens is 204 g/mol. The molecule has 2 heterocycles.